The molecule has 0 aliphatic carbocycles. The van der Waals surface area contributed by atoms with Crippen molar-refractivity contribution in [2.24, 2.45) is 0 Å². The summed E-state index contributed by atoms with van der Waals surface area (Å²) in [5.74, 6) is -0.191. The zero-order valence-electron chi connectivity index (χ0n) is 22.4. The maximum Gasteiger partial charge on any atom is 0.253 e. The number of aromatic nitrogens is 1. The van der Waals surface area contributed by atoms with Gasteiger partial charge in [-0.05, 0) is 60.9 Å². The number of carbonyl (C=O) groups excluding carboxylic acids is 1. The molecule has 1 saturated heterocycles. The smallest absolute Gasteiger partial charge is 0.253 e. The summed E-state index contributed by atoms with van der Waals surface area (Å²) in [6.45, 7) is 3.16. The molecule has 40 heavy (non-hydrogen) atoms. The van der Waals surface area contributed by atoms with E-state index < -0.39 is 16.9 Å². The number of aliphatic hydroxyl groups is 1. The standard InChI is InChI=1S/C29H35FN4O5S/c1-40(38)28-14-26(7-8-27(28)36)39-19-25(35)17-32-23-9-11-34(12-10-23)18-24-6-5-21(16-31-24)29(37)33-15-20-3-2-4-22(30)13-20/h2-8,13-14,16,23,25,32,35-36H,9-12,15,17-19H2,1H3,(H,33,37). The number of ether oxygens (including phenoxy) is 1. The van der Waals surface area contributed by atoms with Crippen LogP contribution in [-0.2, 0) is 23.9 Å². The summed E-state index contributed by atoms with van der Waals surface area (Å²) in [6.07, 6.45) is 4.19. The molecule has 1 fully saturated rings. The topological polar surface area (TPSA) is 124 Å². The third-order valence-electron chi connectivity index (χ3n) is 6.73. The van der Waals surface area contributed by atoms with Crippen LogP contribution in [0.25, 0.3) is 0 Å². The van der Waals surface area contributed by atoms with Gasteiger partial charge in [0.05, 0.1) is 27.0 Å². The number of piperidine rings is 1. The first kappa shape index (κ1) is 29.6. The van der Waals surface area contributed by atoms with Crippen LogP contribution in [0.2, 0.25) is 0 Å². The number of likely N-dealkylation sites (tertiary alicyclic amines) is 1. The van der Waals surface area contributed by atoms with Gasteiger partial charge < -0.3 is 25.6 Å². The molecule has 0 bridgehead atoms. The lowest BCUT2D eigenvalue weighted by atomic mass is 10.0. The second kappa shape index (κ2) is 14.3. The minimum Gasteiger partial charge on any atom is -0.507 e. The quantitative estimate of drug-likeness (QED) is 0.262. The number of pyridine rings is 1. The Hall–Kier alpha value is -3.38. The number of phenols is 1. The van der Waals surface area contributed by atoms with Crippen molar-refractivity contribution in [1.82, 2.24) is 20.5 Å². The lowest BCUT2D eigenvalue weighted by Crippen LogP contribution is -2.45. The summed E-state index contributed by atoms with van der Waals surface area (Å²) in [4.78, 5) is 19.5. The molecule has 2 aromatic carbocycles. The predicted molar refractivity (Wildman–Crippen MR) is 150 cm³/mol. The minimum absolute atomic E-state index is 0.0452. The highest BCUT2D eigenvalue weighted by molar-refractivity contribution is 7.84. The Labute approximate surface area is 235 Å². The van der Waals surface area contributed by atoms with E-state index in [-0.39, 0.29) is 36.7 Å². The van der Waals surface area contributed by atoms with Crippen molar-refractivity contribution in [2.45, 2.75) is 43.0 Å². The summed E-state index contributed by atoms with van der Waals surface area (Å²) in [7, 11) is -1.34. The summed E-state index contributed by atoms with van der Waals surface area (Å²) in [5, 5.41) is 26.3. The van der Waals surface area contributed by atoms with Gasteiger partial charge in [-0.25, -0.2) is 4.39 Å². The van der Waals surface area contributed by atoms with Crippen LogP contribution in [0, 0.1) is 5.82 Å². The summed E-state index contributed by atoms with van der Waals surface area (Å²) < 4.78 is 30.6. The molecular formula is C29H35FN4O5S. The van der Waals surface area contributed by atoms with Crippen LogP contribution in [-0.4, -0.2) is 74.9 Å². The van der Waals surface area contributed by atoms with Crippen LogP contribution in [0.3, 0.4) is 0 Å². The largest absolute Gasteiger partial charge is 0.507 e. The number of rotatable bonds is 12. The highest BCUT2D eigenvalue weighted by atomic mass is 32.2. The molecule has 2 unspecified atom stereocenters. The van der Waals surface area contributed by atoms with Gasteiger partial charge in [-0.1, -0.05) is 12.1 Å². The third kappa shape index (κ3) is 8.82. The van der Waals surface area contributed by atoms with E-state index in [9.17, 15) is 23.6 Å². The fourth-order valence-electron chi connectivity index (χ4n) is 4.48. The van der Waals surface area contributed by atoms with E-state index in [2.05, 4.69) is 20.5 Å². The van der Waals surface area contributed by atoms with E-state index in [0.717, 1.165) is 31.6 Å². The molecule has 3 aromatic rings. The zero-order valence-corrected chi connectivity index (χ0v) is 23.2. The van der Waals surface area contributed by atoms with Crippen molar-refractivity contribution in [3.63, 3.8) is 0 Å². The molecular weight excluding hydrogens is 535 g/mol. The first-order chi connectivity index (χ1) is 19.3. The van der Waals surface area contributed by atoms with E-state index in [1.54, 1.807) is 30.5 Å². The van der Waals surface area contributed by atoms with Gasteiger partial charge in [-0.15, -0.1) is 0 Å². The van der Waals surface area contributed by atoms with Crippen molar-refractivity contribution in [1.29, 1.82) is 0 Å². The first-order valence-corrected chi connectivity index (χ1v) is 14.7. The minimum atomic E-state index is -1.34. The van der Waals surface area contributed by atoms with E-state index in [4.69, 9.17) is 4.74 Å². The van der Waals surface area contributed by atoms with Gasteiger partial charge in [0, 0.05) is 51.2 Å². The van der Waals surface area contributed by atoms with Gasteiger partial charge in [-0.3, -0.25) is 18.9 Å². The average Bonchev–Trinajstić information content (AvgIpc) is 2.95. The molecule has 2 atom stereocenters. The second-order valence-electron chi connectivity index (χ2n) is 9.86. The molecule has 9 nitrogen and oxygen atoms in total. The number of amides is 1. The van der Waals surface area contributed by atoms with E-state index >= 15 is 0 Å². The first-order valence-electron chi connectivity index (χ1n) is 13.2. The monoisotopic (exact) mass is 570 g/mol. The van der Waals surface area contributed by atoms with Gasteiger partial charge in [0.15, 0.2) is 0 Å². The number of hydrogen-bond donors (Lipinski definition) is 4. The van der Waals surface area contributed by atoms with Gasteiger partial charge in [0.2, 0.25) is 0 Å². The number of aromatic hydroxyl groups is 1. The lowest BCUT2D eigenvalue weighted by Gasteiger charge is -2.32. The molecule has 0 spiro atoms. The number of hydrogen-bond acceptors (Lipinski definition) is 8. The Bertz CT molecular complexity index is 1300. The third-order valence-corrected chi connectivity index (χ3v) is 7.67. The average molecular weight is 571 g/mol. The van der Waals surface area contributed by atoms with Crippen molar-refractivity contribution in [2.75, 3.05) is 32.5 Å². The van der Waals surface area contributed by atoms with Crippen LogP contribution in [0.5, 0.6) is 11.5 Å². The lowest BCUT2D eigenvalue weighted by molar-refractivity contribution is 0.0950. The molecule has 11 heteroatoms. The SMILES string of the molecule is CS(=O)c1cc(OCC(O)CNC2CCN(Cc3ccc(C(=O)NCc4cccc(F)c4)cn3)CC2)ccc1O. The highest BCUT2D eigenvalue weighted by Gasteiger charge is 2.20. The molecule has 1 aromatic heterocycles. The summed E-state index contributed by atoms with van der Waals surface area (Å²) in [6, 6.07) is 14.5. The molecule has 0 saturated carbocycles. The van der Waals surface area contributed by atoms with Crippen LogP contribution >= 0.6 is 0 Å². The van der Waals surface area contributed by atoms with Crippen molar-refractivity contribution < 1.29 is 28.3 Å². The van der Waals surface area contributed by atoms with Gasteiger partial charge >= 0.3 is 0 Å². The number of aliphatic hydroxyl groups excluding tert-OH is 1. The fourth-order valence-corrected chi connectivity index (χ4v) is 5.12. The summed E-state index contributed by atoms with van der Waals surface area (Å²) in [5.41, 5.74) is 2.03. The normalized spacial score (nSPS) is 15.9. The van der Waals surface area contributed by atoms with E-state index in [1.807, 2.05) is 6.07 Å². The van der Waals surface area contributed by atoms with Crippen molar-refractivity contribution >= 4 is 16.7 Å². The van der Waals surface area contributed by atoms with Crippen molar-refractivity contribution in [3.8, 4) is 11.5 Å². The number of nitrogens with zero attached hydrogens (tertiary/aromatic N) is 2. The molecule has 1 aliphatic heterocycles. The highest BCUT2D eigenvalue weighted by Crippen LogP contribution is 2.25. The van der Waals surface area contributed by atoms with Crippen LogP contribution in [0.4, 0.5) is 4.39 Å². The van der Waals surface area contributed by atoms with Gasteiger partial charge in [0.1, 0.15) is 30.0 Å². The molecule has 4 N–H and O–H groups in total. The Morgan fingerprint density at radius 1 is 1.20 bits per heavy atom. The second-order valence-corrected chi connectivity index (χ2v) is 11.2. The van der Waals surface area contributed by atoms with Crippen LogP contribution in [0.1, 0.15) is 34.5 Å². The van der Waals surface area contributed by atoms with Crippen LogP contribution < -0.4 is 15.4 Å². The van der Waals surface area contributed by atoms with Gasteiger partial charge in [0.25, 0.3) is 5.91 Å². The molecule has 214 valence electrons. The Morgan fingerprint density at radius 2 is 2.00 bits per heavy atom. The predicted octanol–water partition coefficient (Wildman–Crippen LogP) is 2.59. The number of benzene rings is 2. The zero-order chi connectivity index (χ0) is 28.5. The Balaban J connectivity index is 1.13. The summed E-state index contributed by atoms with van der Waals surface area (Å²) >= 11 is 0. The number of nitrogens with one attached hydrogen (secondary N) is 2. The number of halogens is 1. The number of carbonyl (C=O) groups is 1. The molecule has 2 heterocycles. The fraction of sp³-hybridized carbons (Fsp3) is 0.379. The van der Waals surface area contributed by atoms with E-state index in [1.165, 1.54) is 30.5 Å². The molecule has 1 aliphatic rings. The van der Waals surface area contributed by atoms with Crippen LogP contribution in [0.15, 0.2) is 65.7 Å². The van der Waals surface area contributed by atoms with Crippen molar-refractivity contribution in [3.05, 3.63) is 83.4 Å². The Morgan fingerprint density at radius 3 is 2.70 bits per heavy atom. The number of phenolic OH excluding ortho intramolecular Hbond substituents is 1. The maximum atomic E-state index is 13.3. The maximum absolute atomic E-state index is 13.3. The van der Waals surface area contributed by atoms with Gasteiger partial charge in [-0.2, -0.15) is 0 Å². The van der Waals surface area contributed by atoms with E-state index in [0.29, 0.717) is 34.9 Å². The molecule has 4 rings (SSSR count). The molecule has 0 radical (unpaired) electrons. The molecule has 1 amide bonds. The Kier molecular flexibility index (Phi) is 10.6.